The molecule has 0 atom stereocenters. The van der Waals surface area contributed by atoms with E-state index in [4.69, 9.17) is 4.42 Å². The first-order valence-corrected chi connectivity index (χ1v) is 6.31. The van der Waals surface area contributed by atoms with Crippen molar-refractivity contribution in [1.82, 2.24) is 0 Å². The van der Waals surface area contributed by atoms with E-state index in [0.717, 1.165) is 21.5 Å². The molecule has 0 fully saturated rings. The summed E-state index contributed by atoms with van der Waals surface area (Å²) in [5.74, 6) is 0.154. The van der Waals surface area contributed by atoms with E-state index in [1.165, 1.54) is 6.07 Å². The molecule has 3 aromatic carbocycles. The molecule has 0 aliphatic rings. The van der Waals surface area contributed by atoms with Crippen molar-refractivity contribution in [1.29, 1.82) is 0 Å². The summed E-state index contributed by atoms with van der Waals surface area (Å²) in [6.07, 6.45) is 0. The average Bonchev–Trinajstić information content (AvgIpc) is 2.47. The monoisotopic (exact) mass is 262 g/mol. The molecule has 0 amide bonds. The van der Waals surface area contributed by atoms with Crippen molar-refractivity contribution in [2.24, 2.45) is 0 Å². The van der Waals surface area contributed by atoms with Gasteiger partial charge in [0.2, 0.25) is 0 Å². The first-order valence-electron chi connectivity index (χ1n) is 6.31. The molecular weight excluding hydrogens is 252 g/mol. The number of benzene rings is 3. The van der Waals surface area contributed by atoms with Crippen molar-refractivity contribution >= 4 is 32.5 Å². The van der Waals surface area contributed by atoms with Crippen LogP contribution in [0.25, 0.3) is 32.5 Å². The van der Waals surface area contributed by atoms with E-state index in [0.29, 0.717) is 11.0 Å². The van der Waals surface area contributed by atoms with Crippen LogP contribution < -0.4 is 5.63 Å². The van der Waals surface area contributed by atoms with Crippen LogP contribution in [0.2, 0.25) is 0 Å². The first kappa shape index (κ1) is 11.1. The van der Waals surface area contributed by atoms with Gasteiger partial charge >= 0.3 is 5.63 Å². The Morgan fingerprint density at radius 3 is 2.25 bits per heavy atom. The quantitative estimate of drug-likeness (QED) is 0.298. The van der Waals surface area contributed by atoms with Crippen LogP contribution in [0, 0.1) is 0 Å². The Labute approximate surface area is 113 Å². The van der Waals surface area contributed by atoms with Gasteiger partial charge in [-0.15, -0.1) is 0 Å². The van der Waals surface area contributed by atoms with Crippen molar-refractivity contribution in [2.45, 2.75) is 0 Å². The molecule has 3 heteroatoms. The zero-order valence-corrected chi connectivity index (χ0v) is 10.5. The zero-order chi connectivity index (χ0) is 13.7. The largest absolute Gasteiger partial charge is 0.508 e. The molecule has 0 bridgehead atoms. The summed E-state index contributed by atoms with van der Waals surface area (Å²) < 4.78 is 5.31. The lowest BCUT2D eigenvalue weighted by atomic mass is 10.0. The number of aromatic hydroxyl groups is 1. The predicted octanol–water partition coefficient (Wildman–Crippen LogP) is 3.81. The lowest BCUT2D eigenvalue weighted by Gasteiger charge is -2.05. The standard InChI is InChI=1S/C17H10O3/c18-12-5-6-16-14(9-12)13-7-10-3-1-2-4-11(10)8-15(13)17(19)20-16/h1-9,18H. The Morgan fingerprint density at radius 1 is 0.800 bits per heavy atom. The highest BCUT2D eigenvalue weighted by molar-refractivity contribution is 6.10. The normalized spacial score (nSPS) is 11.4. The molecule has 96 valence electrons. The Bertz CT molecular complexity index is 1030. The second-order valence-electron chi connectivity index (χ2n) is 4.81. The minimum absolute atomic E-state index is 0.154. The summed E-state index contributed by atoms with van der Waals surface area (Å²) in [5, 5.41) is 13.8. The number of phenolic OH excluding ortho intramolecular Hbond substituents is 1. The summed E-state index contributed by atoms with van der Waals surface area (Å²) in [5.41, 5.74) is 0.125. The summed E-state index contributed by atoms with van der Waals surface area (Å²) in [7, 11) is 0. The molecular formula is C17H10O3. The van der Waals surface area contributed by atoms with Crippen LogP contribution in [0.4, 0.5) is 0 Å². The fourth-order valence-corrected chi connectivity index (χ4v) is 2.60. The van der Waals surface area contributed by atoms with Gasteiger partial charge in [0.1, 0.15) is 11.3 Å². The third-order valence-corrected chi connectivity index (χ3v) is 3.56. The lowest BCUT2D eigenvalue weighted by Crippen LogP contribution is -1.99. The van der Waals surface area contributed by atoms with Gasteiger partial charge in [-0.05, 0) is 41.1 Å². The highest BCUT2D eigenvalue weighted by Crippen LogP contribution is 2.29. The Morgan fingerprint density at radius 2 is 1.50 bits per heavy atom. The molecule has 0 saturated heterocycles. The van der Waals surface area contributed by atoms with Gasteiger partial charge in [-0.3, -0.25) is 0 Å². The highest BCUT2D eigenvalue weighted by atomic mass is 16.4. The van der Waals surface area contributed by atoms with Crippen LogP contribution >= 0.6 is 0 Å². The topological polar surface area (TPSA) is 50.4 Å². The third kappa shape index (κ3) is 1.50. The predicted molar refractivity (Wildman–Crippen MR) is 79.2 cm³/mol. The van der Waals surface area contributed by atoms with E-state index in [1.807, 2.05) is 36.4 Å². The Balaban J connectivity index is 2.32. The maximum Gasteiger partial charge on any atom is 0.344 e. The molecule has 0 spiro atoms. The van der Waals surface area contributed by atoms with Crippen molar-refractivity contribution in [3.63, 3.8) is 0 Å². The average molecular weight is 262 g/mol. The molecule has 0 aliphatic carbocycles. The fourth-order valence-electron chi connectivity index (χ4n) is 2.60. The van der Waals surface area contributed by atoms with Crippen LogP contribution in [-0.2, 0) is 0 Å². The first-order chi connectivity index (χ1) is 9.72. The molecule has 1 aromatic heterocycles. The van der Waals surface area contributed by atoms with Gasteiger partial charge in [-0.2, -0.15) is 0 Å². The molecule has 4 aromatic rings. The lowest BCUT2D eigenvalue weighted by molar-refractivity contribution is 0.475. The Kier molecular flexibility index (Phi) is 2.12. The molecule has 0 saturated carbocycles. The molecule has 20 heavy (non-hydrogen) atoms. The minimum Gasteiger partial charge on any atom is -0.508 e. The SMILES string of the molecule is O=c1oc2ccc(O)cc2c2cc3ccccc3cc12. The van der Waals surface area contributed by atoms with E-state index in [-0.39, 0.29) is 11.4 Å². The van der Waals surface area contributed by atoms with Gasteiger partial charge in [0.15, 0.2) is 0 Å². The van der Waals surface area contributed by atoms with Crippen LogP contribution in [0.15, 0.2) is 63.8 Å². The van der Waals surface area contributed by atoms with E-state index < -0.39 is 0 Å². The zero-order valence-electron chi connectivity index (χ0n) is 10.5. The van der Waals surface area contributed by atoms with E-state index in [9.17, 15) is 9.90 Å². The summed E-state index contributed by atoms with van der Waals surface area (Å²) in [6.45, 7) is 0. The maximum atomic E-state index is 12.1. The third-order valence-electron chi connectivity index (χ3n) is 3.56. The van der Waals surface area contributed by atoms with Gasteiger partial charge < -0.3 is 9.52 Å². The number of hydrogen-bond acceptors (Lipinski definition) is 3. The van der Waals surface area contributed by atoms with Crippen LogP contribution in [0.5, 0.6) is 5.75 Å². The van der Waals surface area contributed by atoms with Crippen molar-refractivity contribution in [3.8, 4) is 5.75 Å². The van der Waals surface area contributed by atoms with E-state index >= 15 is 0 Å². The second kappa shape index (κ2) is 3.84. The molecule has 3 nitrogen and oxygen atoms in total. The second-order valence-corrected chi connectivity index (χ2v) is 4.81. The molecule has 4 rings (SSSR count). The van der Waals surface area contributed by atoms with Crippen LogP contribution in [-0.4, -0.2) is 5.11 Å². The fraction of sp³-hybridized carbons (Fsp3) is 0. The van der Waals surface area contributed by atoms with Crippen molar-refractivity contribution in [3.05, 3.63) is 65.0 Å². The van der Waals surface area contributed by atoms with Crippen molar-refractivity contribution in [2.75, 3.05) is 0 Å². The number of rotatable bonds is 0. The van der Waals surface area contributed by atoms with Crippen molar-refractivity contribution < 1.29 is 9.52 Å². The summed E-state index contributed by atoms with van der Waals surface area (Å²) >= 11 is 0. The van der Waals surface area contributed by atoms with E-state index in [2.05, 4.69) is 0 Å². The minimum atomic E-state index is -0.357. The molecule has 0 unspecified atom stereocenters. The summed E-state index contributed by atoms with van der Waals surface area (Å²) in [4.78, 5) is 12.1. The molecule has 1 N–H and O–H groups in total. The van der Waals surface area contributed by atoms with Gasteiger partial charge in [-0.1, -0.05) is 24.3 Å². The highest BCUT2D eigenvalue weighted by Gasteiger charge is 2.09. The van der Waals surface area contributed by atoms with Gasteiger partial charge in [0, 0.05) is 10.8 Å². The van der Waals surface area contributed by atoms with Crippen LogP contribution in [0.1, 0.15) is 0 Å². The summed E-state index contributed by atoms with van der Waals surface area (Å²) in [6, 6.07) is 16.4. The van der Waals surface area contributed by atoms with E-state index in [1.54, 1.807) is 12.1 Å². The molecule has 0 radical (unpaired) electrons. The van der Waals surface area contributed by atoms with Gasteiger partial charge in [0.25, 0.3) is 0 Å². The van der Waals surface area contributed by atoms with Crippen LogP contribution in [0.3, 0.4) is 0 Å². The number of hydrogen-bond donors (Lipinski definition) is 1. The molecule has 0 aliphatic heterocycles. The van der Waals surface area contributed by atoms with Gasteiger partial charge in [0.05, 0.1) is 5.39 Å². The molecule has 1 heterocycles. The number of fused-ring (bicyclic) bond motifs is 4. The Hall–Kier alpha value is -2.81. The smallest absolute Gasteiger partial charge is 0.344 e. The maximum absolute atomic E-state index is 12.1. The number of phenols is 1. The van der Waals surface area contributed by atoms with Gasteiger partial charge in [-0.25, -0.2) is 4.79 Å².